The number of nitrogens with one attached hydrogen (secondary N) is 3. The highest BCUT2D eigenvalue weighted by Crippen LogP contribution is 2.20. The van der Waals surface area contributed by atoms with Crippen LogP contribution in [-0.2, 0) is 11.2 Å². The van der Waals surface area contributed by atoms with E-state index in [9.17, 15) is 24.6 Å². The summed E-state index contributed by atoms with van der Waals surface area (Å²) in [5, 5.41) is 28.5. The molecule has 0 radical (unpaired) electrons. The van der Waals surface area contributed by atoms with Crippen molar-refractivity contribution in [1.29, 1.82) is 0 Å². The number of imidazole rings is 1. The number of hydrogen-bond donors (Lipinski definition) is 5. The van der Waals surface area contributed by atoms with Gasteiger partial charge in [-0.25, -0.2) is 9.78 Å². The second-order valence-corrected chi connectivity index (χ2v) is 8.68. The molecule has 196 valence electrons. The van der Waals surface area contributed by atoms with Gasteiger partial charge in [0, 0.05) is 25.1 Å². The van der Waals surface area contributed by atoms with Crippen LogP contribution in [0.5, 0.6) is 0 Å². The number of aliphatic hydroxyl groups is 1. The summed E-state index contributed by atoms with van der Waals surface area (Å²) in [6, 6.07) is 18.2. The van der Waals surface area contributed by atoms with Gasteiger partial charge in [0.15, 0.2) is 11.8 Å². The molecule has 0 aliphatic rings. The van der Waals surface area contributed by atoms with Crippen molar-refractivity contribution in [2.45, 2.75) is 31.9 Å². The molecular weight excluding hydrogens is 488 g/mol. The molecule has 2 unspecified atom stereocenters. The number of aliphatic carboxylic acids is 1. The van der Waals surface area contributed by atoms with Crippen molar-refractivity contribution in [1.82, 2.24) is 25.5 Å². The van der Waals surface area contributed by atoms with E-state index in [2.05, 4.69) is 25.5 Å². The van der Waals surface area contributed by atoms with Crippen LogP contribution in [0.4, 0.5) is 5.82 Å². The first kappa shape index (κ1) is 26.3. The smallest absolute Gasteiger partial charge is 0.332 e. The van der Waals surface area contributed by atoms with Crippen molar-refractivity contribution in [3.8, 4) is 11.1 Å². The largest absolute Gasteiger partial charge is 0.479 e. The Balaban J connectivity index is 1.47. The number of carbonyl (C=O) groups is 3. The van der Waals surface area contributed by atoms with E-state index in [0.717, 1.165) is 16.7 Å². The van der Waals surface area contributed by atoms with Gasteiger partial charge in [-0.2, -0.15) is 5.10 Å². The zero-order valence-electron chi connectivity index (χ0n) is 20.7. The number of hydrogen-bond acceptors (Lipinski definition) is 6. The third kappa shape index (κ3) is 6.31. The monoisotopic (exact) mass is 516 g/mol. The minimum absolute atomic E-state index is 0.0308. The fourth-order valence-electron chi connectivity index (χ4n) is 4.08. The lowest BCUT2D eigenvalue weighted by Crippen LogP contribution is -2.40. The number of nitrogens with zero attached hydrogens (tertiary/aromatic N) is 3. The lowest BCUT2D eigenvalue weighted by atomic mass is 9.97. The first-order valence-electron chi connectivity index (χ1n) is 12.1. The third-order valence-electron chi connectivity index (χ3n) is 6.05. The van der Waals surface area contributed by atoms with E-state index in [4.69, 9.17) is 0 Å². The highest BCUT2D eigenvalue weighted by molar-refractivity contribution is 6.05. The van der Waals surface area contributed by atoms with Gasteiger partial charge in [-0.3, -0.25) is 19.6 Å². The summed E-state index contributed by atoms with van der Waals surface area (Å²) in [6.45, 7) is 2.15. The summed E-state index contributed by atoms with van der Waals surface area (Å²) in [5.74, 6) is -1.89. The van der Waals surface area contributed by atoms with Crippen molar-refractivity contribution in [3.63, 3.8) is 0 Å². The highest BCUT2D eigenvalue weighted by Gasteiger charge is 2.25. The predicted octanol–water partition coefficient (Wildman–Crippen LogP) is 2.64. The van der Waals surface area contributed by atoms with Crippen LogP contribution in [0, 0.1) is 0 Å². The molecule has 0 saturated heterocycles. The van der Waals surface area contributed by atoms with Gasteiger partial charge in [-0.1, -0.05) is 54.6 Å². The molecule has 2 aromatic carbocycles. The van der Waals surface area contributed by atoms with Gasteiger partial charge in [0.1, 0.15) is 11.5 Å². The SMILES string of the molecule is CCN(C(=O)c1cc(C(=O)NC(Cc2ccc(-c3ccccc3)cc2)CC(O)C(=O)O)[nH]n1)c1cnc[nH]1. The van der Waals surface area contributed by atoms with Crippen LogP contribution in [0.3, 0.4) is 0 Å². The first-order valence-corrected chi connectivity index (χ1v) is 12.1. The number of carboxylic acids is 1. The molecule has 5 N–H and O–H groups in total. The topological polar surface area (TPSA) is 164 Å². The molecule has 4 aromatic rings. The number of aromatic amines is 2. The average molecular weight is 517 g/mol. The number of benzene rings is 2. The molecule has 11 heteroatoms. The Kier molecular flexibility index (Phi) is 8.29. The molecule has 11 nitrogen and oxygen atoms in total. The summed E-state index contributed by atoms with van der Waals surface area (Å²) in [6.07, 6.45) is 1.39. The van der Waals surface area contributed by atoms with E-state index < -0.39 is 29.9 Å². The number of H-pyrrole nitrogens is 2. The van der Waals surface area contributed by atoms with Gasteiger partial charge >= 0.3 is 5.97 Å². The molecular formula is C27H28N6O5. The summed E-state index contributed by atoms with van der Waals surface area (Å²) in [5.41, 5.74) is 3.00. The zero-order chi connectivity index (χ0) is 27.1. The van der Waals surface area contributed by atoms with Crippen LogP contribution in [0.2, 0.25) is 0 Å². The number of anilines is 1. The zero-order valence-corrected chi connectivity index (χ0v) is 20.7. The van der Waals surface area contributed by atoms with Crippen LogP contribution in [-0.4, -0.2) is 66.9 Å². The first-order chi connectivity index (χ1) is 18.4. The van der Waals surface area contributed by atoms with E-state index in [0.29, 0.717) is 12.4 Å². The molecule has 0 aliphatic carbocycles. The standard InChI is InChI=1S/C27H28N6O5/c1-2-33(24-15-28-16-29-24)26(36)22-14-21(31-32-22)25(35)30-20(13-23(34)27(37)38)12-17-8-10-19(11-9-17)18-6-4-3-5-7-18/h3-11,14-16,20,23,34H,2,12-13H2,1H3,(H,28,29)(H,30,35)(H,31,32)(H,37,38). The van der Waals surface area contributed by atoms with E-state index >= 15 is 0 Å². The van der Waals surface area contributed by atoms with E-state index in [1.165, 1.54) is 23.5 Å². The molecule has 2 atom stereocenters. The maximum Gasteiger partial charge on any atom is 0.332 e. The van der Waals surface area contributed by atoms with Gasteiger partial charge in [0.05, 0.1) is 12.5 Å². The van der Waals surface area contributed by atoms with Crippen LogP contribution in [0.15, 0.2) is 73.2 Å². The molecule has 0 spiro atoms. The normalized spacial score (nSPS) is 12.5. The van der Waals surface area contributed by atoms with Crippen molar-refractivity contribution < 1.29 is 24.6 Å². The molecule has 38 heavy (non-hydrogen) atoms. The number of amides is 2. The Bertz CT molecular complexity index is 1370. The Morgan fingerprint density at radius 2 is 1.76 bits per heavy atom. The fraction of sp³-hybridized carbons (Fsp3) is 0.222. The van der Waals surface area contributed by atoms with Crippen molar-refractivity contribution in [2.24, 2.45) is 0 Å². The lowest BCUT2D eigenvalue weighted by Gasteiger charge is -2.20. The van der Waals surface area contributed by atoms with Gasteiger partial charge in [-0.05, 0) is 30.0 Å². The van der Waals surface area contributed by atoms with E-state index in [-0.39, 0.29) is 24.2 Å². The molecule has 0 saturated carbocycles. The number of carbonyl (C=O) groups excluding carboxylic acids is 2. The number of rotatable bonds is 11. The van der Waals surface area contributed by atoms with Crippen molar-refractivity contribution in [2.75, 3.05) is 11.4 Å². The van der Waals surface area contributed by atoms with Crippen LogP contribution in [0.1, 0.15) is 39.9 Å². The fourth-order valence-corrected chi connectivity index (χ4v) is 4.08. The molecule has 0 fully saturated rings. The number of aromatic nitrogens is 4. The van der Waals surface area contributed by atoms with Crippen LogP contribution in [0.25, 0.3) is 11.1 Å². The van der Waals surface area contributed by atoms with Crippen LogP contribution >= 0.6 is 0 Å². The summed E-state index contributed by atoms with van der Waals surface area (Å²) < 4.78 is 0. The number of aliphatic hydroxyl groups excluding tert-OH is 1. The predicted molar refractivity (Wildman–Crippen MR) is 140 cm³/mol. The van der Waals surface area contributed by atoms with Gasteiger partial charge < -0.3 is 20.5 Å². The average Bonchev–Trinajstić information content (AvgIpc) is 3.63. The molecule has 4 rings (SSSR count). The second-order valence-electron chi connectivity index (χ2n) is 8.68. The Hall–Kier alpha value is -4.77. The maximum atomic E-state index is 13.0. The van der Waals surface area contributed by atoms with Crippen molar-refractivity contribution in [3.05, 3.63) is 90.1 Å². The molecule has 0 aliphatic heterocycles. The van der Waals surface area contributed by atoms with E-state index in [1.54, 1.807) is 6.92 Å². The summed E-state index contributed by atoms with van der Waals surface area (Å²) >= 11 is 0. The van der Waals surface area contributed by atoms with Gasteiger partial charge in [0.2, 0.25) is 0 Å². The molecule has 0 bridgehead atoms. The maximum absolute atomic E-state index is 13.0. The summed E-state index contributed by atoms with van der Waals surface area (Å²) in [7, 11) is 0. The van der Waals surface area contributed by atoms with Crippen molar-refractivity contribution >= 4 is 23.6 Å². The Labute approximate surface area is 218 Å². The second kappa shape index (κ2) is 12.0. The Morgan fingerprint density at radius 1 is 1.05 bits per heavy atom. The lowest BCUT2D eigenvalue weighted by molar-refractivity contribution is -0.147. The Morgan fingerprint density at radius 3 is 2.39 bits per heavy atom. The van der Waals surface area contributed by atoms with Crippen LogP contribution < -0.4 is 10.2 Å². The van der Waals surface area contributed by atoms with E-state index in [1.807, 2.05) is 54.6 Å². The molecule has 2 amide bonds. The molecule has 2 heterocycles. The quantitative estimate of drug-likeness (QED) is 0.204. The third-order valence-corrected chi connectivity index (χ3v) is 6.05. The highest BCUT2D eigenvalue weighted by atomic mass is 16.4. The number of carboxylic acid groups (broad SMARTS) is 1. The van der Waals surface area contributed by atoms with Gasteiger partial charge in [-0.15, -0.1) is 0 Å². The minimum atomic E-state index is -1.66. The summed E-state index contributed by atoms with van der Waals surface area (Å²) in [4.78, 5) is 45.4. The van der Waals surface area contributed by atoms with Gasteiger partial charge in [0.25, 0.3) is 11.8 Å². The minimum Gasteiger partial charge on any atom is -0.479 e. The molecule has 2 aromatic heterocycles.